The fraction of sp³-hybridized carbons (Fsp3) is 0.714. The van der Waals surface area contributed by atoms with Crippen LogP contribution in [0.3, 0.4) is 0 Å². The van der Waals surface area contributed by atoms with E-state index in [1.54, 1.807) is 0 Å². The SMILES string of the molecule is NCCCC[C@H](NC(=O)[C@@H]1CCCN1)C(=O)N[C@@H](CC(N)=O)C(=O)N[C@@H](CCCN=C(N)N)C(=O)O. The van der Waals surface area contributed by atoms with Crippen molar-refractivity contribution in [2.45, 2.75) is 75.5 Å². The van der Waals surface area contributed by atoms with Gasteiger partial charge in [0.1, 0.15) is 18.1 Å². The van der Waals surface area contributed by atoms with Gasteiger partial charge in [-0.25, -0.2) is 4.79 Å². The second-order valence-corrected chi connectivity index (χ2v) is 8.57. The molecule has 13 N–H and O–H groups in total. The summed E-state index contributed by atoms with van der Waals surface area (Å²) in [7, 11) is 0. The van der Waals surface area contributed by atoms with Crippen LogP contribution in [0.5, 0.6) is 0 Å². The number of guanidine groups is 1. The highest BCUT2D eigenvalue weighted by molar-refractivity contribution is 5.96. The first kappa shape index (κ1) is 30.6. The number of unbranched alkanes of at least 4 members (excludes halogenated alkanes) is 1. The van der Waals surface area contributed by atoms with Gasteiger partial charge in [0.15, 0.2) is 5.96 Å². The molecule has 4 atom stereocenters. The molecule has 1 fully saturated rings. The minimum atomic E-state index is -1.44. The highest BCUT2D eigenvalue weighted by Crippen LogP contribution is 2.08. The maximum Gasteiger partial charge on any atom is 0.326 e. The molecule has 15 nitrogen and oxygen atoms in total. The number of aliphatic imine (C=N–C) groups is 1. The van der Waals surface area contributed by atoms with E-state index in [4.69, 9.17) is 22.9 Å². The number of amides is 4. The van der Waals surface area contributed by atoms with Crippen LogP contribution in [0.4, 0.5) is 0 Å². The molecule has 0 spiro atoms. The van der Waals surface area contributed by atoms with Crippen molar-refractivity contribution in [2.24, 2.45) is 27.9 Å². The summed E-state index contributed by atoms with van der Waals surface area (Å²) in [5, 5.41) is 19.9. The van der Waals surface area contributed by atoms with Gasteiger partial charge < -0.3 is 49.3 Å². The molecule has 15 heteroatoms. The van der Waals surface area contributed by atoms with Crippen LogP contribution < -0.4 is 44.2 Å². The van der Waals surface area contributed by atoms with E-state index >= 15 is 0 Å². The zero-order valence-corrected chi connectivity index (χ0v) is 20.3. The van der Waals surface area contributed by atoms with Crippen LogP contribution in [0.1, 0.15) is 51.4 Å². The van der Waals surface area contributed by atoms with Crippen molar-refractivity contribution in [3.05, 3.63) is 0 Å². The van der Waals surface area contributed by atoms with E-state index in [0.717, 1.165) is 6.42 Å². The molecule has 1 rings (SSSR count). The van der Waals surface area contributed by atoms with Gasteiger partial charge in [-0.05, 0) is 58.0 Å². The lowest BCUT2D eigenvalue weighted by Crippen LogP contribution is -2.57. The van der Waals surface area contributed by atoms with Crippen molar-refractivity contribution in [1.29, 1.82) is 0 Å². The van der Waals surface area contributed by atoms with Crippen LogP contribution in [0.25, 0.3) is 0 Å². The summed E-state index contributed by atoms with van der Waals surface area (Å²) in [5.41, 5.74) is 21.2. The summed E-state index contributed by atoms with van der Waals surface area (Å²) < 4.78 is 0. The summed E-state index contributed by atoms with van der Waals surface area (Å²) in [6.45, 7) is 1.25. The topological polar surface area (TPSA) is 270 Å². The zero-order valence-electron chi connectivity index (χ0n) is 20.3. The number of carbonyl (C=O) groups excluding carboxylic acids is 4. The van der Waals surface area contributed by atoms with Crippen molar-refractivity contribution in [3.8, 4) is 0 Å². The van der Waals surface area contributed by atoms with Gasteiger partial charge in [0.05, 0.1) is 12.5 Å². The Kier molecular flexibility index (Phi) is 13.8. The maximum absolute atomic E-state index is 13.0. The van der Waals surface area contributed by atoms with Crippen LogP contribution in [-0.4, -0.2) is 84.5 Å². The average molecular weight is 514 g/mol. The molecule has 1 aliphatic heterocycles. The lowest BCUT2D eigenvalue weighted by Gasteiger charge is -2.25. The molecule has 4 amide bonds. The van der Waals surface area contributed by atoms with Crippen LogP contribution in [0.2, 0.25) is 0 Å². The molecule has 204 valence electrons. The Morgan fingerprint density at radius 1 is 0.917 bits per heavy atom. The number of hydrogen-bond acceptors (Lipinski definition) is 8. The minimum absolute atomic E-state index is 0.00124. The Bertz CT molecular complexity index is 797. The van der Waals surface area contributed by atoms with Gasteiger partial charge in [-0.3, -0.25) is 24.2 Å². The smallest absolute Gasteiger partial charge is 0.326 e. The second kappa shape index (κ2) is 16.3. The normalized spacial score (nSPS) is 17.3. The molecule has 0 aromatic carbocycles. The van der Waals surface area contributed by atoms with E-state index in [2.05, 4.69) is 26.3 Å². The van der Waals surface area contributed by atoms with Gasteiger partial charge in [-0.1, -0.05) is 0 Å². The third kappa shape index (κ3) is 11.8. The number of nitrogens with one attached hydrogen (secondary N) is 4. The number of carboxylic acids is 1. The quantitative estimate of drug-likeness (QED) is 0.0522. The highest BCUT2D eigenvalue weighted by atomic mass is 16.4. The average Bonchev–Trinajstić information content (AvgIpc) is 3.34. The lowest BCUT2D eigenvalue weighted by atomic mass is 10.1. The molecule has 1 aliphatic rings. The Morgan fingerprint density at radius 3 is 2.11 bits per heavy atom. The second-order valence-electron chi connectivity index (χ2n) is 8.57. The maximum atomic E-state index is 13.0. The molecular formula is C21H39N9O6. The Morgan fingerprint density at radius 2 is 1.56 bits per heavy atom. The Balaban J connectivity index is 2.88. The zero-order chi connectivity index (χ0) is 27.1. The molecule has 0 aliphatic carbocycles. The summed E-state index contributed by atoms with van der Waals surface area (Å²) in [4.78, 5) is 65.3. The molecule has 0 aromatic rings. The van der Waals surface area contributed by atoms with Gasteiger partial charge in [0.25, 0.3) is 0 Å². The van der Waals surface area contributed by atoms with Crippen LogP contribution >= 0.6 is 0 Å². The number of hydrogen-bond donors (Lipinski definition) is 9. The predicted octanol–water partition coefficient (Wildman–Crippen LogP) is -3.66. The van der Waals surface area contributed by atoms with Crippen molar-refractivity contribution in [1.82, 2.24) is 21.3 Å². The van der Waals surface area contributed by atoms with Crippen molar-refractivity contribution in [3.63, 3.8) is 0 Å². The summed E-state index contributed by atoms with van der Waals surface area (Å²) in [6, 6.07) is -4.15. The van der Waals surface area contributed by atoms with E-state index in [9.17, 15) is 29.1 Å². The molecule has 0 radical (unpaired) electrons. The third-order valence-corrected chi connectivity index (χ3v) is 5.55. The number of carbonyl (C=O) groups is 5. The van der Waals surface area contributed by atoms with Crippen LogP contribution in [0, 0.1) is 0 Å². The van der Waals surface area contributed by atoms with Crippen LogP contribution in [-0.2, 0) is 24.0 Å². The van der Waals surface area contributed by atoms with E-state index in [1.165, 1.54) is 0 Å². The third-order valence-electron chi connectivity index (χ3n) is 5.55. The van der Waals surface area contributed by atoms with E-state index in [0.29, 0.717) is 32.4 Å². The molecule has 0 bridgehead atoms. The first-order chi connectivity index (χ1) is 17.0. The lowest BCUT2D eigenvalue weighted by molar-refractivity contribution is -0.142. The fourth-order valence-electron chi connectivity index (χ4n) is 3.66. The Labute approximate surface area is 209 Å². The molecule has 0 unspecified atom stereocenters. The van der Waals surface area contributed by atoms with Gasteiger partial charge in [0.2, 0.25) is 23.6 Å². The van der Waals surface area contributed by atoms with E-state index < -0.39 is 54.3 Å². The first-order valence-corrected chi connectivity index (χ1v) is 12.0. The summed E-state index contributed by atoms with van der Waals surface area (Å²) in [6.07, 6.45) is 2.58. The minimum Gasteiger partial charge on any atom is -0.480 e. The van der Waals surface area contributed by atoms with Gasteiger partial charge in [-0.2, -0.15) is 0 Å². The van der Waals surface area contributed by atoms with Gasteiger partial charge in [0, 0.05) is 6.54 Å². The molecule has 1 heterocycles. The van der Waals surface area contributed by atoms with Crippen molar-refractivity contribution < 1.29 is 29.1 Å². The standard InChI is InChI=1S/C21H39N9O6/c22-8-2-1-5-13(28-17(32)12-6-3-9-26-12)18(33)30-15(11-16(23)31)19(34)29-14(20(35)36)7-4-10-27-21(24)25/h12-15,26H,1-11,22H2,(H2,23,31)(H,28,32)(H,29,34)(H,30,33)(H,35,36)(H4,24,25,27)/t12-,13-,14-,15-/m0/s1. The predicted molar refractivity (Wildman–Crippen MR) is 131 cm³/mol. The number of primary amides is 1. The fourth-order valence-corrected chi connectivity index (χ4v) is 3.66. The van der Waals surface area contributed by atoms with Crippen LogP contribution in [0.15, 0.2) is 4.99 Å². The molecule has 0 aromatic heterocycles. The number of rotatable bonds is 17. The van der Waals surface area contributed by atoms with Gasteiger partial charge in [-0.15, -0.1) is 0 Å². The Hall–Kier alpha value is -3.46. The summed E-state index contributed by atoms with van der Waals surface area (Å²) >= 11 is 0. The monoisotopic (exact) mass is 513 g/mol. The van der Waals surface area contributed by atoms with Gasteiger partial charge >= 0.3 is 5.97 Å². The molecular weight excluding hydrogens is 474 g/mol. The summed E-state index contributed by atoms with van der Waals surface area (Å²) in [5.74, 6) is -4.28. The molecule has 1 saturated heterocycles. The number of carboxylic acid groups (broad SMARTS) is 1. The number of nitrogens with two attached hydrogens (primary N) is 4. The number of aliphatic carboxylic acids is 1. The highest BCUT2D eigenvalue weighted by Gasteiger charge is 2.32. The van der Waals surface area contributed by atoms with Crippen molar-refractivity contribution >= 4 is 35.6 Å². The van der Waals surface area contributed by atoms with Crippen molar-refractivity contribution in [2.75, 3.05) is 19.6 Å². The molecule has 0 saturated carbocycles. The van der Waals surface area contributed by atoms with E-state index in [-0.39, 0.29) is 37.7 Å². The van der Waals surface area contributed by atoms with E-state index in [1.807, 2.05) is 0 Å². The molecule has 36 heavy (non-hydrogen) atoms. The largest absolute Gasteiger partial charge is 0.480 e. The number of nitrogens with zero attached hydrogens (tertiary/aromatic N) is 1. The first-order valence-electron chi connectivity index (χ1n) is 12.0.